The van der Waals surface area contributed by atoms with Gasteiger partial charge in [0.05, 0.1) is 3.79 Å². The smallest absolute Gasteiger partial charge is 0.0701 e. The Morgan fingerprint density at radius 2 is 2.07 bits per heavy atom. The SMILES string of the molecule is Cc1ccc(I)cc1Cc1ccc(Br)s1. The highest BCUT2D eigenvalue weighted by atomic mass is 127. The molecule has 0 aliphatic carbocycles. The molecule has 0 fully saturated rings. The summed E-state index contributed by atoms with van der Waals surface area (Å²) in [7, 11) is 0. The molecule has 0 aliphatic rings. The normalized spacial score (nSPS) is 10.6. The van der Waals surface area contributed by atoms with Crippen molar-refractivity contribution >= 4 is 49.9 Å². The molecule has 0 nitrogen and oxygen atoms in total. The van der Waals surface area contributed by atoms with Crippen LogP contribution >= 0.6 is 49.9 Å². The minimum Gasteiger partial charge on any atom is -0.133 e. The van der Waals surface area contributed by atoms with Gasteiger partial charge in [-0.1, -0.05) is 6.07 Å². The first-order valence-electron chi connectivity index (χ1n) is 4.64. The van der Waals surface area contributed by atoms with Crippen LogP contribution in [0.1, 0.15) is 16.0 Å². The second-order valence-corrected chi connectivity index (χ2v) is 7.25. The maximum atomic E-state index is 3.50. The molecule has 1 heterocycles. The third-order valence-corrected chi connectivity index (χ3v) is 4.60. The molecule has 1 aromatic heterocycles. The molecule has 0 bridgehead atoms. The lowest BCUT2D eigenvalue weighted by Gasteiger charge is -2.04. The average molecular weight is 393 g/mol. The van der Waals surface area contributed by atoms with Gasteiger partial charge in [-0.2, -0.15) is 0 Å². The van der Waals surface area contributed by atoms with Crippen LogP contribution in [0.2, 0.25) is 0 Å². The van der Waals surface area contributed by atoms with Crippen molar-refractivity contribution in [2.75, 3.05) is 0 Å². The van der Waals surface area contributed by atoms with Crippen LogP contribution in [0.3, 0.4) is 0 Å². The number of benzene rings is 1. The van der Waals surface area contributed by atoms with E-state index in [0.29, 0.717) is 0 Å². The van der Waals surface area contributed by atoms with Crippen molar-refractivity contribution < 1.29 is 0 Å². The Morgan fingerprint density at radius 1 is 1.27 bits per heavy atom. The van der Waals surface area contributed by atoms with E-state index in [0.717, 1.165) is 6.42 Å². The van der Waals surface area contributed by atoms with Gasteiger partial charge >= 0.3 is 0 Å². The van der Waals surface area contributed by atoms with Crippen LogP contribution in [0.25, 0.3) is 0 Å². The highest BCUT2D eigenvalue weighted by molar-refractivity contribution is 14.1. The molecule has 78 valence electrons. The fourth-order valence-corrected chi connectivity index (χ4v) is 3.53. The molecule has 2 aromatic rings. The van der Waals surface area contributed by atoms with E-state index in [1.54, 1.807) is 0 Å². The predicted molar refractivity (Wildman–Crippen MR) is 78.7 cm³/mol. The highest BCUT2D eigenvalue weighted by Crippen LogP contribution is 2.25. The number of halogens is 2. The Balaban J connectivity index is 2.27. The number of rotatable bonds is 2. The zero-order valence-electron chi connectivity index (χ0n) is 8.26. The minimum absolute atomic E-state index is 1.04. The molecule has 0 atom stereocenters. The lowest BCUT2D eigenvalue weighted by Crippen LogP contribution is -1.90. The molecule has 0 aliphatic heterocycles. The Hall–Kier alpha value is 0.130. The maximum absolute atomic E-state index is 3.50. The molecular weight excluding hydrogens is 383 g/mol. The first-order chi connectivity index (χ1) is 7.15. The zero-order valence-corrected chi connectivity index (χ0v) is 12.8. The van der Waals surface area contributed by atoms with Crippen LogP contribution in [-0.4, -0.2) is 0 Å². The van der Waals surface area contributed by atoms with Crippen molar-refractivity contribution in [3.63, 3.8) is 0 Å². The molecule has 2 rings (SSSR count). The van der Waals surface area contributed by atoms with Crippen LogP contribution in [0.5, 0.6) is 0 Å². The summed E-state index contributed by atoms with van der Waals surface area (Å²) in [5.74, 6) is 0. The molecule has 0 radical (unpaired) electrons. The van der Waals surface area contributed by atoms with E-state index in [9.17, 15) is 0 Å². The number of hydrogen-bond acceptors (Lipinski definition) is 1. The molecule has 0 N–H and O–H groups in total. The number of thiophene rings is 1. The summed E-state index contributed by atoms with van der Waals surface area (Å²) < 4.78 is 2.52. The molecule has 1 aromatic carbocycles. The summed E-state index contributed by atoms with van der Waals surface area (Å²) >= 11 is 7.67. The van der Waals surface area contributed by atoms with Crippen molar-refractivity contribution in [1.82, 2.24) is 0 Å². The summed E-state index contributed by atoms with van der Waals surface area (Å²) in [6.45, 7) is 2.17. The molecule has 0 spiro atoms. The molecule has 0 saturated carbocycles. The quantitative estimate of drug-likeness (QED) is 0.630. The Kier molecular flexibility index (Phi) is 3.85. The summed E-state index contributed by atoms with van der Waals surface area (Å²) in [5.41, 5.74) is 2.80. The van der Waals surface area contributed by atoms with E-state index in [1.165, 1.54) is 23.4 Å². The van der Waals surface area contributed by atoms with E-state index in [4.69, 9.17) is 0 Å². The van der Waals surface area contributed by atoms with E-state index < -0.39 is 0 Å². The summed E-state index contributed by atoms with van der Waals surface area (Å²) in [6.07, 6.45) is 1.04. The van der Waals surface area contributed by atoms with E-state index in [1.807, 2.05) is 11.3 Å². The standard InChI is InChI=1S/C12H10BrIS/c1-8-2-3-10(14)6-9(8)7-11-4-5-12(13)15-11/h2-6H,7H2,1H3. The topological polar surface area (TPSA) is 0 Å². The third kappa shape index (κ3) is 3.04. The van der Waals surface area contributed by atoms with Crippen molar-refractivity contribution in [1.29, 1.82) is 0 Å². The predicted octanol–water partition coefficient (Wildman–Crippen LogP) is 5.01. The molecule has 0 unspecified atom stereocenters. The van der Waals surface area contributed by atoms with Crippen molar-refractivity contribution in [3.8, 4) is 0 Å². The monoisotopic (exact) mass is 392 g/mol. The van der Waals surface area contributed by atoms with Gasteiger partial charge < -0.3 is 0 Å². The Morgan fingerprint density at radius 3 is 2.73 bits per heavy atom. The summed E-state index contributed by atoms with van der Waals surface area (Å²) in [4.78, 5) is 1.41. The van der Waals surface area contributed by atoms with Gasteiger partial charge in [0.15, 0.2) is 0 Å². The van der Waals surface area contributed by atoms with E-state index in [2.05, 4.69) is 75.8 Å². The largest absolute Gasteiger partial charge is 0.133 e. The lowest BCUT2D eigenvalue weighted by molar-refractivity contribution is 1.19. The number of aryl methyl sites for hydroxylation is 1. The lowest BCUT2D eigenvalue weighted by atomic mass is 10.1. The van der Waals surface area contributed by atoms with Gasteiger partial charge in [-0.05, 0) is 80.8 Å². The van der Waals surface area contributed by atoms with Gasteiger partial charge in [-0.25, -0.2) is 0 Å². The molecule has 15 heavy (non-hydrogen) atoms. The Bertz CT molecular complexity index is 476. The van der Waals surface area contributed by atoms with E-state index in [-0.39, 0.29) is 0 Å². The van der Waals surface area contributed by atoms with Crippen molar-refractivity contribution in [2.45, 2.75) is 13.3 Å². The maximum Gasteiger partial charge on any atom is 0.0701 e. The van der Waals surface area contributed by atoms with Crippen molar-refractivity contribution in [3.05, 3.63) is 53.7 Å². The minimum atomic E-state index is 1.04. The average Bonchev–Trinajstić information content (AvgIpc) is 2.58. The highest BCUT2D eigenvalue weighted by Gasteiger charge is 2.03. The summed E-state index contributed by atoms with van der Waals surface area (Å²) in [5, 5.41) is 0. The first-order valence-corrected chi connectivity index (χ1v) is 7.33. The van der Waals surface area contributed by atoms with Gasteiger partial charge in [0.1, 0.15) is 0 Å². The number of hydrogen-bond donors (Lipinski definition) is 0. The zero-order chi connectivity index (χ0) is 10.8. The first kappa shape index (κ1) is 11.6. The second kappa shape index (κ2) is 4.97. The molecular formula is C12H10BrIS. The Labute approximate surface area is 116 Å². The fourth-order valence-electron chi connectivity index (χ4n) is 1.46. The van der Waals surface area contributed by atoms with Gasteiger partial charge in [0.2, 0.25) is 0 Å². The molecule has 3 heteroatoms. The van der Waals surface area contributed by atoms with Gasteiger partial charge in [-0.3, -0.25) is 0 Å². The van der Waals surface area contributed by atoms with Crippen LogP contribution in [0.15, 0.2) is 34.1 Å². The van der Waals surface area contributed by atoms with Crippen molar-refractivity contribution in [2.24, 2.45) is 0 Å². The third-order valence-electron chi connectivity index (χ3n) is 2.30. The van der Waals surface area contributed by atoms with Gasteiger partial charge in [-0.15, -0.1) is 11.3 Å². The van der Waals surface area contributed by atoms with Gasteiger partial charge in [0, 0.05) is 14.9 Å². The van der Waals surface area contributed by atoms with Crippen LogP contribution in [-0.2, 0) is 6.42 Å². The second-order valence-electron chi connectivity index (χ2n) is 3.45. The van der Waals surface area contributed by atoms with Gasteiger partial charge in [0.25, 0.3) is 0 Å². The summed E-state index contributed by atoms with van der Waals surface area (Å²) in [6, 6.07) is 10.9. The van der Waals surface area contributed by atoms with Crippen LogP contribution in [0, 0.1) is 10.5 Å². The van der Waals surface area contributed by atoms with E-state index >= 15 is 0 Å². The molecule has 0 saturated heterocycles. The molecule has 0 amide bonds. The van der Waals surface area contributed by atoms with Crippen LogP contribution < -0.4 is 0 Å². The van der Waals surface area contributed by atoms with Crippen LogP contribution in [0.4, 0.5) is 0 Å². The fraction of sp³-hybridized carbons (Fsp3) is 0.167.